The lowest BCUT2D eigenvalue weighted by molar-refractivity contribution is -0.284. The number of carboxylic acid groups (broad SMARTS) is 1. The van der Waals surface area contributed by atoms with E-state index in [0.29, 0.717) is 18.4 Å². The van der Waals surface area contributed by atoms with Crippen molar-refractivity contribution in [2.24, 2.45) is 16.9 Å². The lowest BCUT2D eigenvalue weighted by Gasteiger charge is -2.45. The predicted molar refractivity (Wildman–Crippen MR) is 161 cm³/mol. The molecule has 47 heavy (non-hydrogen) atoms. The van der Waals surface area contributed by atoms with Gasteiger partial charge in [0.15, 0.2) is 0 Å². The van der Waals surface area contributed by atoms with E-state index in [-0.39, 0.29) is 41.5 Å². The highest BCUT2D eigenvalue weighted by Crippen LogP contribution is 2.44. The standard InChI is InChI=1S/C33H35F5N2O7/c1-30(2)26(28(42)43)19-23(39)20-31(30,40)15-3-18-46-27(41)14-7-21-5-10-25(11-6-21)47-29(44)22-8-12-24(13-9-22)45-17-4-16-32(34,35)33(36,37)38/h5-14,19-20H,3-4,15-18,39-40H2,1-2H3,(H,42,43)/b14-7+. The second-order valence-electron chi connectivity index (χ2n) is 11.4. The van der Waals surface area contributed by atoms with Gasteiger partial charge in [-0.05, 0) is 79.5 Å². The summed E-state index contributed by atoms with van der Waals surface area (Å²) in [6.45, 7) is 3.12. The van der Waals surface area contributed by atoms with Crippen LogP contribution in [0.1, 0.15) is 55.5 Å². The van der Waals surface area contributed by atoms with E-state index in [4.69, 9.17) is 25.7 Å². The fourth-order valence-electron chi connectivity index (χ4n) is 4.71. The Bertz CT molecular complexity index is 1530. The van der Waals surface area contributed by atoms with Crippen LogP contribution in [-0.2, 0) is 14.3 Å². The highest BCUT2D eigenvalue weighted by molar-refractivity contribution is 5.91. The summed E-state index contributed by atoms with van der Waals surface area (Å²) in [6.07, 6.45) is -1.13. The normalized spacial score (nSPS) is 17.9. The topological polar surface area (TPSA) is 151 Å². The Hall–Kier alpha value is -4.72. The van der Waals surface area contributed by atoms with Crippen LogP contribution in [-0.4, -0.2) is 53.9 Å². The minimum Gasteiger partial charge on any atom is -0.494 e. The van der Waals surface area contributed by atoms with Gasteiger partial charge in [-0.2, -0.15) is 22.0 Å². The maximum absolute atomic E-state index is 13.0. The summed E-state index contributed by atoms with van der Waals surface area (Å²) < 4.78 is 78.3. The van der Waals surface area contributed by atoms with E-state index in [0.717, 1.165) is 0 Å². The van der Waals surface area contributed by atoms with Crippen molar-refractivity contribution in [3.05, 3.63) is 89.2 Å². The maximum Gasteiger partial charge on any atom is 0.453 e. The summed E-state index contributed by atoms with van der Waals surface area (Å²) in [7, 11) is 0. The number of halogens is 5. The van der Waals surface area contributed by atoms with Crippen LogP contribution in [0.3, 0.4) is 0 Å². The zero-order valence-electron chi connectivity index (χ0n) is 25.6. The van der Waals surface area contributed by atoms with Crippen molar-refractivity contribution < 1.29 is 55.7 Å². The number of benzene rings is 2. The molecule has 254 valence electrons. The van der Waals surface area contributed by atoms with Crippen molar-refractivity contribution in [1.29, 1.82) is 0 Å². The summed E-state index contributed by atoms with van der Waals surface area (Å²) in [5.41, 5.74) is 11.5. The molecule has 0 radical (unpaired) electrons. The Labute approximate surface area is 267 Å². The average molecular weight is 667 g/mol. The number of allylic oxidation sites excluding steroid dienone is 1. The Kier molecular flexibility index (Phi) is 11.6. The molecule has 2 aromatic rings. The Morgan fingerprint density at radius 3 is 2.13 bits per heavy atom. The van der Waals surface area contributed by atoms with Crippen molar-refractivity contribution in [3.63, 3.8) is 0 Å². The predicted octanol–water partition coefficient (Wildman–Crippen LogP) is 6.19. The monoisotopic (exact) mass is 666 g/mol. The van der Waals surface area contributed by atoms with Crippen LogP contribution in [0.25, 0.3) is 6.08 Å². The summed E-state index contributed by atoms with van der Waals surface area (Å²) in [5.74, 6) is -6.84. The lowest BCUT2D eigenvalue weighted by atomic mass is 9.63. The zero-order chi connectivity index (χ0) is 35.0. The molecule has 9 nitrogen and oxygen atoms in total. The number of carbonyl (C=O) groups excluding carboxylic acids is 2. The van der Waals surface area contributed by atoms with E-state index in [1.165, 1.54) is 54.6 Å². The van der Waals surface area contributed by atoms with E-state index >= 15 is 0 Å². The minimum absolute atomic E-state index is 0.0426. The molecule has 0 fully saturated rings. The largest absolute Gasteiger partial charge is 0.494 e. The van der Waals surface area contributed by atoms with Crippen LogP contribution in [0.2, 0.25) is 0 Å². The van der Waals surface area contributed by atoms with Crippen LogP contribution in [0.5, 0.6) is 11.5 Å². The van der Waals surface area contributed by atoms with Gasteiger partial charge in [0.2, 0.25) is 0 Å². The average Bonchev–Trinajstić information content (AvgIpc) is 2.98. The van der Waals surface area contributed by atoms with Gasteiger partial charge in [0.25, 0.3) is 0 Å². The van der Waals surface area contributed by atoms with E-state index in [9.17, 15) is 41.4 Å². The van der Waals surface area contributed by atoms with Crippen molar-refractivity contribution in [3.8, 4) is 11.5 Å². The minimum atomic E-state index is -5.62. The number of carboxylic acids is 1. The molecule has 1 aliphatic carbocycles. The van der Waals surface area contributed by atoms with Gasteiger partial charge < -0.3 is 30.8 Å². The Morgan fingerprint density at radius 1 is 0.915 bits per heavy atom. The quantitative estimate of drug-likeness (QED) is 0.0705. The molecule has 5 N–H and O–H groups in total. The summed E-state index contributed by atoms with van der Waals surface area (Å²) in [5, 5.41) is 9.54. The van der Waals surface area contributed by atoms with Crippen molar-refractivity contribution in [1.82, 2.24) is 0 Å². The molecule has 0 aromatic heterocycles. The number of rotatable bonds is 14. The summed E-state index contributed by atoms with van der Waals surface area (Å²) in [4.78, 5) is 36.3. The second kappa shape index (κ2) is 14.8. The van der Waals surface area contributed by atoms with Gasteiger partial charge >= 0.3 is 30.0 Å². The molecule has 0 spiro atoms. The molecule has 0 bridgehead atoms. The number of alkyl halides is 5. The number of hydrogen-bond donors (Lipinski definition) is 3. The van der Waals surface area contributed by atoms with Gasteiger partial charge in [-0.15, -0.1) is 0 Å². The molecule has 1 atom stereocenters. The number of carbonyl (C=O) groups is 3. The fraction of sp³-hybridized carbons (Fsp3) is 0.364. The molecule has 0 aliphatic heterocycles. The summed E-state index contributed by atoms with van der Waals surface area (Å²) in [6, 6.07) is 11.6. The van der Waals surface area contributed by atoms with Gasteiger partial charge in [0.1, 0.15) is 11.5 Å². The third kappa shape index (κ3) is 9.64. The van der Waals surface area contributed by atoms with Crippen molar-refractivity contribution in [2.45, 2.75) is 57.2 Å². The summed E-state index contributed by atoms with van der Waals surface area (Å²) >= 11 is 0. The van der Waals surface area contributed by atoms with Crippen LogP contribution < -0.4 is 20.9 Å². The Balaban J connectivity index is 1.42. The molecule has 1 unspecified atom stereocenters. The molecule has 0 saturated carbocycles. The number of aliphatic carboxylic acids is 1. The van der Waals surface area contributed by atoms with Crippen molar-refractivity contribution >= 4 is 24.0 Å². The number of esters is 2. The van der Waals surface area contributed by atoms with Gasteiger partial charge in [-0.3, -0.25) is 0 Å². The van der Waals surface area contributed by atoms with Crippen LogP contribution in [0, 0.1) is 5.41 Å². The van der Waals surface area contributed by atoms with Crippen molar-refractivity contribution in [2.75, 3.05) is 13.2 Å². The first-order valence-corrected chi connectivity index (χ1v) is 14.4. The van der Waals surface area contributed by atoms with Gasteiger partial charge in [0, 0.05) is 34.7 Å². The van der Waals surface area contributed by atoms with Gasteiger partial charge in [-0.25, -0.2) is 14.4 Å². The third-order valence-corrected chi connectivity index (χ3v) is 7.69. The molecular formula is C33H35F5N2O7. The fourth-order valence-corrected chi connectivity index (χ4v) is 4.71. The molecule has 2 aromatic carbocycles. The molecule has 0 heterocycles. The first kappa shape index (κ1) is 36.7. The number of hydrogen-bond acceptors (Lipinski definition) is 8. The SMILES string of the molecule is CC1(C)C(C(=O)O)=CC(N)=CC1(N)CCCOC(=O)/C=C/c1ccc(OC(=O)c2ccc(OCCCC(F)(F)C(F)(F)F)cc2)cc1. The highest BCUT2D eigenvalue weighted by Gasteiger charge is 2.56. The molecule has 14 heteroatoms. The first-order valence-electron chi connectivity index (χ1n) is 14.4. The van der Waals surface area contributed by atoms with E-state index in [1.807, 2.05) is 0 Å². The third-order valence-electron chi connectivity index (χ3n) is 7.69. The molecule has 0 saturated heterocycles. The van der Waals surface area contributed by atoms with E-state index in [2.05, 4.69) is 0 Å². The van der Waals surface area contributed by atoms with E-state index < -0.39 is 53.8 Å². The molecular weight excluding hydrogens is 631 g/mol. The number of nitrogens with two attached hydrogens (primary N) is 2. The lowest BCUT2D eigenvalue weighted by Crippen LogP contribution is -2.55. The van der Waals surface area contributed by atoms with Gasteiger partial charge in [-0.1, -0.05) is 26.0 Å². The molecule has 0 amide bonds. The number of ether oxygens (including phenoxy) is 3. The molecule has 1 aliphatic rings. The second-order valence-corrected chi connectivity index (χ2v) is 11.4. The van der Waals surface area contributed by atoms with E-state index in [1.54, 1.807) is 32.1 Å². The smallest absolute Gasteiger partial charge is 0.453 e. The highest BCUT2D eigenvalue weighted by atomic mass is 19.4. The van der Waals surface area contributed by atoms with Gasteiger partial charge in [0.05, 0.1) is 18.8 Å². The Morgan fingerprint density at radius 2 is 1.53 bits per heavy atom. The zero-order valence-corrected chi connectivity index (χ0v) is 25.6. The van der Waals surface area contributed by atoms with Crippen LogP contribution in [0.4, 0.5) is 22.0 Å². The van der Waals surface area contributed by atoms with Crippen LogP contribution >= 0.6 is 0 Å². The maximum atomic E-state index is 13.0. The molecule has 3 rings (SSSR count). The first-order chi connectivity index (χ1) is 21.8. The van der Waals surface area contributed by atoms with Crippen LogP contribution in [0.15, 0.2) is 78.0 Å².